The fourth-order valence-corrected chi connectivity index (χ4v) is 2.89. The predicted octanol–water partition coefficient (Wildman–Crippen LogP) is 3.02. The van der Waals surface area contributed by atoms with Crippen LogP contribution in [0.4, 0.5) is 0 Å². The van der Waals surface area contributed by atoms with E-state index in [2.05, 4.69) is 26.8 Å². The monoisotopic (exact) mass is 408 g/mol. The van der Waals surface area contributed by atoms with Gasteiger partial charge < -0.3 is 18.0 Å². The average Bonchev–Trinajstić information content (AvgIpc) is 2.64. The Morgan fingerprint density at radius 1 is 1.04 bits per heavy atom. The first-order valence-corrected chi connectivity index (χ1v) is 11.2. The van der Waals surface area contributed by atoms with Crippen LogP contribution < -0.4 is 0 Å². The third-order valence-corrected chi connectivity index (χ3v) is 4.65. The molecule has 0 aromatic carbocycles. The van der Waals surface area contributed by atoms with E-state index in [9.17, 15) is 13.2 Å². The van der Waals surface area contributed by atoms with Crippen molar-refractivity contribution >= 4 is 31.3 Å². The number of carbonyl (C=O) groups excluding carboxylic acids is 1. The fourth-order valence-electron chi connectivity index (χ4n) is 1.75. The standard InChI is InChI=1S/C14H24O2.C3H8O5SSi/c1-3-5-6-7-8-9-10-11-12-13-16-14(15)4-2;1-6-10(7-2)8-3-9(4)5/h4,12-13H,2-3,5-11H2,1H3;3,10H,1-2H3. The van der Waals surface area contributed by atoms with Crippen LogP contribution >= 0.6 is 0 Å². The second-order valence-corrected chi connectivity index (χ2v) is 7.68. The van der Waals surface area contributed by atoms with E-state index in [4.69, 9.17) is 4.74 Å². The van der Waals surface area contributed by atoms with Gasteiger partial charge >= 0.3 is 15.5 Å². The number of esters is 1. The first-order chi connectivity index (χ1) is 12.5. The second-order valence-electron chi connectivity index (χ2n) is 5.18. The van der Waals surface area contributed by atoms with Crippen molar-refractivity contribution < 1.29 is 31.2 Å². The van der Waals surface area contributed by atoms with Crippen molar-refractivity contribution in [3.8, 4) is 0 Å². The molecule has 0 saturated carbocycles. The van der Waals surface area contributed by atoms with Gasteiger partial charge in [0, 0.05) is 20.3 Å². The number of hydrogen-bond acceptors (Lipinski definition) is 7. The molecule has 0 amide bonds. The average molecular weight is 409 g/mol. The highest BCUT2D eigenvalue weighted by atomic mass is 32.2. The molecule has 0 N–H and O–H groups in total. The first kappa shape index (κ1) is 27.0. The number of allylic oxidation sites excluding steroid dienone is 1. The van der Waals surface area contributed by atoms with Gasteiger partial charge in [-0.2, -0.15) is 8.42 Å². The lowest BCUT2D eigenvalue weighted by Gasteiger charge is -2.04. The van der Waals surface area contributed by atoms with Crippen LogP contribution in [0, 0.1) is 0 Å². The maximum absolute atomic E-state index is 10.7. The summed E-state index contributed by atoms with van der Waals surface area (Å²) in [7, 11) is -1.73. The van der Waals surface area contributed by atoms with E-state index in [-0.39, 0.29) is 0 Å². The van der Waals surface area contributed by atoms with Crippen molar-refractivity contribution in [2.45, 2.75) is 58.3 Å². The van der Waals surface area contributed by atoms with Gasteiger partial charge in [0.15, 0.2) is 5.55 Å². The molecule has 9 heteroatoms. The maximum Gasteiger partial charge on any atom is 0.488 e. The molecule has 7 nitrogen and oxygen atoms in total. The van der Waals surface area contributed by atoms with Gasteiger partial charge in [-0.3, -0.25) is 0 Å². The predicted molar refractivity (Wildman–Crippen MR) is 105 cm³/mol. The van der Waals surface area contributed by atoms with Crippen molar-refractivity contribution in [3.63, 3.8) is 0 Å². The molecule has 0 atom stereocenters. The summed E-state index contributed by atoms with van der Waals surface area (Å²) >= 11 is 0. The Kier molecular flexibility index (Phi) is 22.6. The summed E-state index contributed by atoms with van der Waals surface area (Å²) in [5, 5.41) is 0. The molecule has 152 valence electrons. The molecule has 0 saturated heterocycles. The van der Waals surface area contributed by atoms with Crippen LogP contribution in [-0.2, 0) is 33.1 Å². The molecule has 0 spiro atoms. The Bertz CT molecular complexity index is 491. The van der Waals surface area contributed by atoms with Gasteiger partial charge in [0.05, 0.1) is 6.26 Å². The fraction of sp³-hybridized carbons (Fsp3) is 0.647. The van der Waals surface area contributed by atoms with Crippen LogP contribution in [0.5, 0.6) is 0 Å². The molecular formula is C17H32O7SSi. The highest BCUT2D eigenvalue weighted by Gasteiger charge is 2.08. The lowest BCUT2D eigenvalue weighted by molar-refractivity contribution is -0.132. The van der Waals surface area contributed by atoms with Gasteiger partial charge in [-0.25, -0.2) is 4.79 Å². The number of rotatable bonds is 14. The van der Waals surface area contributed by atoms with Gasteiger partial charge in [0.2, 0.25) is 10.3 Å². The van der Waals surface area contributed by atoms with Gasteiger partial charge in [-0.1, -0.05) is 52.0 Å². The molecule has 0 bridgehead atoms. The zero-order valence-electron chi connectivity index (χ0n) is 16.0. The Hall–Kier alpha value is -1.26. The van der Waals surface area contributed by atoms with Crippen molar-refractivity contribution in [1.82, 2.24) is 0 Å². The van der Waals surface area contributed by atoms with Crippen molar-refractivity contribution in [1.29, 1.82) is 0 Å². The van der Waals surface area contributed by atoms with Gasteiger partial charge in [-0.05, 0) is 18.9 Å². The van der Waals surface area contributed by atoms with E-state index >= 15 is 0 Å². The molecular weight excluding hydrogens is 376 g/mol. The number of ether oxygens (including phenoxy) is 1. The van der Waals surface area contributed by atoms with E-state index in [1.807, 2.05) is 6.08 Å². The van der Waals surface area contributed by atoms with Crippen molar-refractivity contribution in [2.24, 2.45) is 0 Å². The lowest BCUT2D eigenvalue weighted by atomic mass is 10.1. The Morgan fingerprint density at radius 3 is 2.12 bits per heavy atom. The van der Waals surface area contributed by atoms with Crippen LogP contribution in [0.15, 0.2) is 25.0 Å². The molecule has 0 aliphatic carbocycles. The number of unbranched alkanes of at least 4 members (excludes halogenated alkanes) is 7. The molecule has 0 aromatic heterocycles. The zero-order valence-corrected chi connectivity index (χ0v) is 18.0. The Balaban J connectivity index is 0. The van der Waals surface area contributed by atoms with Crippen LogP contribution in [-0.4, -0.2) is 43.7 Å². The summed E-state index contributed by atoms with van der Waals surface area (Å²) in [6.45, 7) is 5.55. The highest BCUT2D eigenvalue weighted by Crippen LogP contribution is 2.08. The largest absolute Gasteiger partial charge is 0.488 e. The summed E-state index contributed by atoms with van der Waals surface area (Å²) in [4.78, 5) is 10.7. The minimum atomic E-state index is -2.31. The van der Waals surface area contributed by atoms with Crippen LogP contribution in [0.3, 0.4) is 0 Å². The highest BCUT2D eigenvalue weighted by molar-refractivity contribution is 7.71. The Morgan fingerprint density at radius 2 is 1.62 bits per heavy atom. The SMILES string of the molecule is C=CC(=O)OC=CCCCCCCCCC.CO[SiH](OC)OC=S(=O)=O. The summed E-state index contributed by atoms with van der Waals surface area (Å²) in [6.07, 6.45) is 14.6. The van der Waals surface area contributed by atoms with Crippen molar-refractivity contribution in [2.75, 3.05) is 14.2 Å². The topological polar surface area (TPSA) is 88.1 Å². The van der Waals surface area contributed by atoms with E-state index in [1.165, 1.54) is 65.4 Å². The lowest BCUT2D eigenvalue weighted by Crippen LogP contribution is -2.23. The molecule has 0 fully saturated rings. The third kappa shape index (κ3) is 22.7. The first-order valence-electron chi connectivity index (χ1n) is 8.62. The third-order valence-electron chi connectivity index (χ3n) is 3.05. The molecule has 0 heterocycles. The van der Waals surface area contributed by atoms with Gasteiger partial charge in [0.1, 0.15) is 0 Å². The van der Waals surface area contributed by atoms with E-state index in [0.29, 0.717) is 5.55 Å². The summed E-state index contributed by atoms with van der Waals surface area (Å²) in [5.41, 5.74) is 0.657. The van der Waals surface area contributed by atoms with E-state index < -0.39 is 25.8 Å². The molecule has 0 aliphatic rings. The number of carbonyl (C=O) groups is 1. The smallest absolute Gasteiger partial charge is 0.432 e. The molecule has 0 aliphatic heterocycles. The normalized spacial score (nSPS) is 10.3. The zero-order chi connectivity index (χ0) is 20.0. The van der Waals surface area contributed by atoms with Crippen LogP contribution in [0.25, 0.3) is 0 Å². The second kappa shape index (κ2) is 21.8. The molecule has 26 heavy (non-hydrogen) atoms. The minimum Gasteiger partial charge on any atom is -0.432 e. The molecule has 0 aromatic rings. The van der Waals surface area contributed by atoms with E-state index in [0.717, 1.165) is 12.5 Å². The summed E-state index contributed by atoms with van der Waals surface area (Å²) < 4.78 is 38.3. The van der Waals surface area contributed by atoms with Crippen LogP contribution in [0.1, 0.15) is 58.3 Å². The minimum absolute atomic E-state index is 0.393. The summed E-state index contributed by atoms with van der Waals surface area (Å²) in [6, 6.07) is 0. The van der Waals surface area contributed by atoms with Gasteiger partial charge in [-0.15, -0.1) is 0 Å². The van der Waals surface area contributed by atoms with Gasteiger partial charge in [0.25, 0.3) is 0 Å². The molecule has 0 rings (SSSR count). The number of hydrogen-bond donors (Lipinski definition) is 0. The molecule has 0 radical (unpaired) electrons. The quantitative estimate of drug-likeness (QED) is 0.109. The van der Waals surface area contributed by atoms with E-state index in [1.54, 1.807) is 0 Å². The van der Waals surface area contributed by atoms with Crippen LogP contribution in [0.2, 0.25) is 0 Å². The summed E-state index contributed by atoms with van der Waals surface area (Å²) in [5.74, 6) is -0.393. The molecule has 0 unspecified atom stereocenters. The van der Waals surface area contributed by atoms with Crippen molar-refractivity contribution in [3.05, 3.63) is 25.0 Å². The Labute approximate surface area is 160 Å². The maximum atomic E-state index is 10.7.